The number of hydrogen-bond acceptors (Lipinski definition) is 5. The van der Waals surface area contributed by atoms with E-state index in [1.54, 1.807) is 0 Å². The Morgan fingerprint density at radius 3 is 1.76 bits per heavy atom. The van der Waals surface area contributed by atoms with E-state index in [0.29, 0.717) is 5.89 Å². The first-order valence-electron chi connectivity index (χ1n) is 18.0. The van der Waals surface area contributed by atoms with Crippen LogP contribution in [-0.4, -0.2) is 4.98 Å². The first kappa shape index (κ1) is 30.7. The van der Waals surface area contributed by atoms with Crippen LogP contribution in [0.2, 0.25) is 0 Å². The van der Waals surface area contributed by atoms with Gasteiger partial charge in [0.05, 0.1) is 5.39 Å². The SMILES string of the molecule is c1ccc(-c2ccc(N(c3ccc(-c4ccc5c(c4)oc4ccc6nc(-c7ccccc7)oc6c45)cc3)c3ccc4c(c3)sc3ccccc34)cc2)cc1. The van der Waals surface area contributed by atoms with Crippen LogP contribution in [0.1, 0.15) is 0 Å². The van der Waals surface area contributed by atoms with Crippen LogP contribution in [0.5, 0.6) is 0 Å². The van der Waals surface area contributed by atoms with E-state index in [9.17, 15) is 0 Å². The van der Waals surface area contributed by atoms with Crippen molar-refractivity contribution in [3.63, 3.8) is 0 Å². The monoisotopic (exact) mass is 710 g/mol. The summed E-state index contributed by atoms with van der Waals surface area (Å²) in [4.78, 5) is 7.13. The molecule has 3 aromatic heterocycles. The number of oxazole rings is 1. The van der Waals surface area contributed by atoms with Crippen LogP contribution in [0.15, 0.2) is 191 Å². The molecular weight excluding hydrogens is 681 g/mol. The molecule has 4 nitrogen and oxygen atoms in total. The second kappa shape index (κ2) is 12.3. The molecule has 54 heavy (non-hydrogen) atoms. The van der Waals surface area contributed by atoms with Gasteiger partial charge in [0.25, 0.3) is 0 Å². The van der Waals surface area contributed by atoms with E-state index in [2.05, 4.69) is 144 Å². The predicted molar refractivity (Wildman–Crippen MR) is 225 cm³/mol. The maximum atomic E-state index is 6.42. The third-order valence-electron chi connectivity index (χ3n) is 10.3. The second-order valence-corrected chi connectivity index (χ2v) is 14.6. The van der Waals surface area contributed by atoms with Gasteiger partial charge in [-0.2, -0.15) is 0 Å². The van der Waals surface area contributed by atoms with Crippen molar-refractivity contribution in [2.75, 3.05) is 4.90 Å². The summed E-state index contributed by atoms with van der Waals surface area (Å²) < 4.78 is 15.3. The molecule has 0 spiro atoms. The Balaban J connectivity index is 0.977. The van der Waals surface area contributed by atoms with Gasteiger partial charge in [-0.1, -0.05) is 103 Å². The highest BCUT2D eigenvalue weighted by Gasteiger charge is 2.19. The molecule has 0 unspecified atom stereocenters. The first-order valence-corrected chi connectivity index (χ1v) is 18.8. The van der Waals surface area contributed by atoms with Gasteiger partial charge in [-0.05, 0) is 101 Å². The number of nitrogens with zero attached hydrogens (tertiary/aromatic N) is 2. The smallest absolute Gasteiger partial charge is 0.227 e. The van der Waals surface area contributed by atoms with Crippen LogP contribution < -0.4 is 4.90 Å². The van der Waals surface area contributed by atoms with Crippen molar-refractivity contribution < 1.29 is 8.83 Å². The lowest BCUT2D eigenvalue weighted by Crippen LogP contribution is -2.09. The van der Waals surface area contributed by atoms with E-state index < -0.39 is 0 Å². The number of furan rings is 1. The summed E-state index contributed by atoms with van der Waals surface area (Å²) in [5.74, 6) is 0.606. The molecule has 0 aliphatic carbocycles. The minimum absolute atomic E-state index is 0.606. The highest BCUT2D eigenvalue weighted by atomic mass is 32.1. The molecule has 0 aliphatic rings. The Bertz CT molecular complexity index is 3140. The molecule has 0 fully saturated rings. The van der Waals surface area contributed by atoms with Crippen molar-refractivity contribution in [3.8, 4) is 33.7 Å². The molecule has 0 bridgehead atoms. The Labute approximate surface area is 314 Å². The molecular formula is C49H30N2O2S. The summed E-state index contributed by atoms with van der Waals surface area (Å²) in [5.41, 5.74) is 12.0. The van der Waals surface area contributed by atoms with Crippen LogP contribution in [0.3, 0.4) is 0 Å². The Morgan fingerprint density at radius 2 is 1.00 bits per heavy atom. The lowest BCUT2D eigenvalue weighted by Gasteiger charge is -2.26. The molecule has 254 valence electrons. The lowest BCUT2D eigenvalue weighted by atomic mass is 10.0. The van der Waals surface area contributed by atoms with Crippen LogP contribution >= 0.6 is 11.3 Å². The second-order valence-electron chi connectivity index (χ2n) is 13.6. The highest BCUT2D eigenvalue weighted by molar-refractivity contribution is 7.25. The van der Waals surface area contributed by atoms with Crippen LogP contribution in [0.4, 0.5) is 17.1 Å². The van der Waals surface area contributed by atoms with Crippen molar-refractivity contribution in [2.24, 2.45) is 0 Å². The van der Waals surface area contributed by atoms with E-state index >= 15 is 0 Å². The van der Waals surface area contributed by atoms with Gasteiger partial charge in [-0.15, -0.1) is 11.3 Å². The van der Waals surface area contributed by atoms with Gasteiger partial charge in [0.15, 0.2) is 5.58 Å². The van der Waals surface area contributed by atoms with Crippen LogP contribution in [0.25, 0.3) is 86.9 Å². The molecule has 3 heterocycles. The fourth-order valence-electron chi connectivity index (χ4n) is 7.67. The number of benzene rings is 8. The van der Waals surface area contributed by atoms with Gasteiger partial charge >= 0.3 is 0 Å². The van der Waals surface area contributed by atoms with Gasteiger partial charge in [0, 0.05) is 48.2 Å². The lowest BCUT2D eigenvalue weighted by molar-refractivity contribution is 0.622. The summed E-state index contributed by atoms with van der Waals surface area (Å²) in [6.45, 7) is 0. The highest BCUT2D eigenvalue weighted by Crippen LogP contribution is 2.42. The average Bonchev–Trinajstić information content (AvgIpc) is 3.95. The maximum absolute atomic E-state index is 6.42. The Hall–Kier alpha value is -6.95. The summed E-state index contributed by atoms with van der Waals surface area (Å²) in [6, 6.07) is 64.1. The van der Waals surface area contributed by atoms with E-state index in [-0.39, 0.29) is 0 Å². The number of fused-ring (bicyclic) bond motifs is 8. The Kier molecular flexibility index (Phi) is 7.00. The van der Waals surface area contributed by atoms with Crippen molar-refractivity contribution in [1.29, 1.82) is 0 Å². The molecule has 5 heteroatoms. The van der Waals surface area contributed by atoms with Crippen molar-refractivity contribution >= 4 is 81.6 Å². The zero-order chi connectivity index (χ0) is 35.6. The van der Waals surface area contributed by atoms with Crippen molar-refractivity contribution in [3.05, 3.63) is 182 Å². The number of rotatable bonds is 6. The molecule has 11 rings (SSSR count). The van der Waals surface area contributed by atoms with Gasteiger partial charge in [0.2, 0.25) is 5.89 Å². The largest absolute Gasteiger partial charge is 0.456 e. The normalized spacial score (nSPS) is 11.7. The minimum atomic E-state index is 0.606. The maximum Gasteiger partial charge on any atom is 0.227 e. The third-order valence-corrected chi connectivity index (χ3v) is 11.5. The fraction of sp³-hybridized carbons (Fsp3) is 0. The van der Waals surface area contributed by atoms with Crippen LogP contribution in [-0.2, 0) is 0 Å². The summed E-state index contributed by atoms with van der Waals surface area (Å²) in [5, 5.41) is 4.54. The first-order chi connectivity index (χ1) is 26.7. The summed E-state index contributed by atoms with van der Waals surface area (Å²) in [6.07, 6.45) is 0. The molecule has 0 saturated carbocycles. The Morgan fingerprint density at radius 1 is 0.407 bits per heavy atom. The number of anilines is 3. The molecule has 0 aliphatic heterocycles. The summed E-state index contributed by atoms with van der Waals surface area (Å²) in [7, 11) is 0. The van der Waals surface area contributed by atoms with E-state index in [1.165, 1.54) is 31.3 Å². The molecule has 0 saturated heterocycles. The zero-order valence-corrected chi connectivity index (χ0v) is 29.8. The van der Waals surface area contributed by atoms with Crippen molar-refractivity contribution in [1.82, 2.24) is 4.98 Å². The minimum Gasteiger partial charge on any atom is -0.456 e. The van der Waals surface area contributed by atoms with E-state index in [4.69, 9.17) is 13.8 Å². The molecule has 0 N–H and O–H groups in total. The molecule has 0 atom stereocenters. The molecule has 0 radical (unpaired) electrons. The molecule has 8 aromatic carbocycles. The number of hydrogen-bond donors (Lipinski definition) is 0. The quantitative estimate of drug-likeness (QED) is 0.172. The topological polar surface area (TPSA) is 42.4 Å². The van der Waals surface area contributed by atoms with Gasteiger partial charge < -0.3 is 13.7 Å². The number of thiophene rings is 1. The molecule has 11 aromatic rings. The zero-order valence-electron chi connectivity index (χ0n) is 28.9. The van der Waals surface area contributed by atoms with Gasteiger partial charge in [-0.3, -0.25) is 0 Å². The number of aromatic nitrogens is 1. The standard InChI is InChI=1S/C49H30N2O2S/c1-3-9-31(10-4-1)32-15-20-36(21-16-32)51(38-24-26-40-39-13-7-8-14-45(39)54-46(40)30-38)37-22-17-33(18-23-37)35-19-25-41-44(29-35)52-43-28-27-42-48(47(41)43)53-49(50-42)34-11-5-2-6-12-34/h1-30H. The van der Waals surface area contributed by atoms with E-state index in [0.717, 1.165) is 66.8 Å². The fourth-order valence-corrected chi connectivity index (χ4v) is 8.81. The van der Waals surface area contributed by atoms with Crippen molar-refractivity contribution in [2.45, 2.75) is 0 Å². The van der Waals surface area contributed by atoms with Gasteiger partial charge in [0.1, 0.15) is 16.7 Å². The van der Waals surface area contributed by atoms with E-state index in [1.807, 2.05) is 53.8 Å². The van der Waals surface area contributed by atoms with Crippen LogP contribution in [0, 0.1) is 0 Å². The molecule has 0 amide bonds. The summed E-state index contributed by atoms with van der Waals surface area (Å²) >= 11 is 1.84. The predicted octanol–water partition coefficient (Wildman–Crippen LogP) is 14.6. The third kappa shape index (κ3) is 5.09. The van der Waals surface area contributed by atoms with Gasteiger partial charge in [-0.25, -0.2) is 4.98 Å². The average molecular weight is 711 g/mol.